The van der Waals surface area contributed by atoms with Gasteiger partial charge in [0, 0.05) is 25.8 Å². The zero-order valence-corrected chi connectivity index (χ0v) is 8.83. The third-order valence-corrected chi connectivity index (χ3v) is 2.70. The summed E-state index contributed by atoms with van der Waals surface area (Å²) >= 11 is 0. The highest BCUT2D eigenvalue weighted by Crippen LogP contribution is 2.12. The Morgan fingerprint density at radius 3 is 2.88 bits per heavy atom. The van der Waals surface area contributed by atoms with Crippen molar-refractivity contribution in [2.45, 2.75) is 19.1 Å². The molecule has 5 heteroatoms. The Morgan fingerprint density at radius 2 is 2.38 bits per heavy atom. The van der Waals surface area contributed by atoms with Crippen molar-refractivity contribution in [3.05, 3.63) is 29.6 Å². The fraction of sp³-hybridized carbons (Fsp3) is 0.455. The highest BCUT2D eigenvalue weighted by atomic mass is 16.4. The van der Waals surface area contributed by atoms with Gasteiger partial charge in [0.05, 0.1) is 17.4 Å². The van der Waals surface area contributed by atoms with Crippen LogP contribution in [0.3, 0.4) is 0 Å². The summed E-state index contributed by atoms with van der Waals surface area (Å²) in [7, 11) is 0. The molecule has 5 nitrogen and oxygen atoms in total. The number of nitrogens with zero attached hydrogens (tertiary/aromatic N) is 2. The highest BCUT2D eigenvalue weighted by molar-refractivity contribution is 5.87. The van der Waals surface area contributed by atoms with Gasteiger partial charge in [-0.25, -0.2) is 4.79 Å². The number of pyridine rings is 1. The first-order chi connectivity index (χ1) is 7.65. The van der Waals surface area contributed by atoms with Gasteiger partial charge in [0.1, 0.15) is 0 Å². The van der Waals surface area contributed by atoms with Crippen LogP contribution in [0.5, 0.6) is 0 Å². The molecule has 0 radical (unpaired) electrons. The monoisotopic (exact) mass is 222 g/mol. The smallest absolute Gasteiger partial charge is 0.337 e. The lowest BCUT2D eigenvalue weighted by Crippen LogP contribution is -2.22. The number of likely N-dealkylation sites (tertiary alicyclic amines) is 1. The molecule has 1 aromatic rings. The van der Waals surface area contributed by atoms with Crippen molar-refractivity contribution < 1.29 is 15.0 Å². The van der Waals surface area contributed by atoms with E-state index in [1.807, 2.05) is 0 Å². The van der Waals surface area contributed by atoms with Crippen LogP contribution in [-0.4, -0.2) is 45.3 Å². The maximum atomic E-state index is 10.6. The van der Waals surface area contributed by atoms with Crippen LogP contribution >= 0.6 is 0 Å². The minimum absolute atomic E-state index is 0.199. The Morgan fingerprint density at radius 1 is 1.56 bits per heavy atom. The summed E-state index contributed by atoms with van der Waals surface area (Å²) in [6.07, 6.45) is 1.93. The molecule has 0 spiro atoms. The van der Waals surface area contributed by atoms with Crippen molar-refractivity contribution in [1.82, 2.24) is 9.88 Å². The maximum absolute atomic E-state index is 10.6. The van der Waals surface area contributed by atoms with Gasteiger partial charge < -0.3 is 10.2 Å². The predicted octanol–water partition coefficient (Wildman–Crippen LogP) is 0.346. The zero-order chi connectivity index (χ0) is 11.5. The van der Waals surface area contributed by atoms with E-state index in [0.717, 1.165) is 18.7 Å². The molecular formula is C11H14N2O3. The van der Waals surface area contributed by atoms with Crippen molar-refractivity contribution in [1.29, 1.82) is 0 Å². The Kier molecular flexibility index (Phi) is 3.17. The molecule has 1 fully saturated rings. The summed E-state index contributed by atoms with van der Waals surface area (Å²) in [5.41, 5.74) is 1.03. The van der Waals surface area contributed by atoms with Crippen molar-refractivity contribution in [2.75, 3.05) is 13.1 Å². The number of hydrogen-bond acceptors (Lipinski definition) is 4. The summed E-state index contributed by atoms with van der Waals surface area (Å²) in [5.74, 6) is -0.962. The average molecular weight is 222 g/mol. The number of aromatic nitrogens is 1. The molecule has 0 saturated carbocycles. The third-order valence-electron chi connectivity index (χ3n) is 2.70. The zero-order valence-electron chi connectivity index (χ0n) is 8.83. The second kappa shape index (κ2) is 4.59. The molecule has 1 aromatic heterocycles. The minimum Gasteiger partial charge on any atom is -0.478 e. The summed E-state index contributed by atoms with van der Waals surface area (Å²) in [5, 5.41) is 18.1. The van der Waals surface area contributed by atoms with Crippen molar-refractivity contribution in [3.63, 3.8) is 0 Å². The number of carbonyl (C=O) groups is 1. The molecule has 1 atom stereocenters. The fourth-order valence-electron chi connectivity index (χ4n) is 1.83. The standard InChI is InChI=1S/C11H14N2O3/c14-10-3-4-13(7-10)6-9-2-1-8(5-12-9)11(15)16/h1-2,5,10,14H,3-4,6-7H2,(H,15,16). The van der Waals surface area contributed by atoms with Gasteiger partial charge in [-0.15, -0.1) is 0 Å². The highest BCUT2D eigenvalue weighted by Gasteiger charge is 2.20. The molecule has 1 aliphatic heterocycles. The Bertz CT molecular complexity index is 377. The summed E-state index contributed by atoms with van der Waals surface area (Å²) in [6.45, 7) is 2.20. The molecule has 0 aliphatic carbocycles. The Labute approximate surface area is 93.3 Å². The molecule has 2 N–H and O–H groups in total. The molecule has 86 valence electrons. The maximum Gasteiger partial charge on any atom is 0.337 e. The number of carboxylic acid groups (broad SMARTS) is 1. The molecule has 0 aromatic carbocycles. The summed E-state index contributed by atoms with van der Waals surface area (Å²) in [6, 6.07) is 3.27. The molecule has 2 rings (SSSR count). The predicted molar refractivity (Wildman–Crippen MR) is 57.1 cm³/mol. The quantitative estimate of drug-likeness (QED) is 0.771. The van der Waals surface area contributed by atoms with Crippen LogP contribution < -0.4 is 0 Å². The lowest BCUT2D eigenvalue weighted by atomic mass is 10.2. The van der Waals surface area contributed by atoms with E-state index >= 15 is 0 Å². The molecule has 0 bridgehead atoms. The largest absolute Gasteiger partial charge is 0.478 e. The number of aliphatic hydroxyl groups is 1. The van der Waals surface area contributed by atoms with E-state index in [1.165, 1.54) is 6.20 Å². The number of rotatable bonds is 3. The van der Waals surface area contributed by atoms with Gasteiger partial charge in [-0.1, -0.05) is 0 Å². The van der Waals surface area contributed by atoms with Crippen LogP contribution in [0.4, 0.5) is 0 Å². The van der Waals surface area contributed by atoms with E-state index in [4.69, 9.17) is 5.11 Å². The summed E-state index contributed by atoms with van der Waals surface area (Å²) < 4.78 is 0. The van der Waals surface area contributed by atoms with Crippen molar-refractivity contribution >= 4 is 5.97 Å². The first kappa shape index (κ1) is 11.0. The van der Waals surface area contributed by atoms with Crippen LogP contribution in [-0.2, 0) is 6.54 Å². The van der Waals surface area contributed by atoms with Crippen LogP contribution in [0, 0.1) is 0 Å². The van der Waals surface area contributed by atoms with Gasteiger partial charge in [0.15, 0.2) is 0 Å². The van der Waals surface area contributed by atoms with Crippen molar-refractivity contribution in [2.24, 2.45) is 0 Å². The fourth-order valence-corrected chi connectivity index (χ4v) is 1.83. The van der Waals surface area contributed by atoms with E-state index in [1.54, 1.807) is 12.1 Å². The number of β-amino-alcohol motifs (C(OH)–C–C–N with tert-alkyl or cyclic N) is 1. The van der Waals surface area contributed by atoms with Gasteiger partial charge in [-0.05, 0) is 18.6 Å². The van der Waals surface area contributed by atoms with Crippen LogP contribution in [0.25, 0.3) is 0 Å². The second-order valence-corrected chi connectivity index (χ2v) is 4.02. The van der Waals surface area contributed by atoms with Gasteiger partial charge in [-0.2, -0.15) is 0 Å². The SMILES string of the molecule is O=C(O)c1ccc(CN2CCC(O)C2)nc1. The Hall–Kier alpha value is -1.46. The molecule has 0 amide bonds. The number of aromatic carboxylic acids is 1. The van der Waals surface area contributed by atoms with Crippen LogP contribution in [0.1, 0.15) is 22.5 Å². The molecule has 1 unspecified atom stereocenters. The van der Waals surface area contributed by atoms with E-state index in [2.05, 4.69) is 9.88 Å². The normalized spacial score (nSPS) is 21.2. The molecule has 1 saturated heterocycles. The molecule has 1 aliphatic rings. The lowest BCUT2D eigenvalue weighted by molar-refractivity contribution is 0.0696. The van der Waals surface area contributed by atoms with Crippen LogP contribution in [0.2, 0.25) is 0 Å². The number of hydrogen-bond donors (Lipinski definition) is 2. The van der Waals surface area contributed by atoms with Gasteiger partial charge in [0.2, 0.25) is 0 Å². The van der Waals surface area contributed by atoms with E-state index in [0.29, 0.717) is 13.1 Å². The topological polar surface area (TPSA) is 73.7 Å². The first-order valence-corrected chi connectivity index (χ1v) is 5.24. The van der Waals surface area contributed by atoms with E-state index in [9.17, 15) is 9.90 Å². The average Bonchev–Trinajstić information content (AvgIpc) is 2.65. The van der Waals surface area contributed by atoms with E-state index < -0.39 is 5.97 Å². The third kappa shape index (κ3) is 2.56. The lowest BCUT2D eigenvalue weighted by Gasteiger charge is -2.13. The molecule has 2 heterocycles. The molecule has 16 heavy (non-hydrogen) atoms. The van der Waals surface area contributed by atoms with Crippen molar-refractivity contribution in [3.8, 4) is 0 Å². The minimum atomic E-state index is -0.962. The molecular weight excluding hydrogens is 208 g/mol. The van der Waals surface area contributed by atoms with Gasteiger partial charge in [-0.3, -0.25) is 9.88 Å². The van der Waals surface area contributed by atoms with Gasteiger partial charge in [0.25, 0.3) is 0 Å². The summed E-state index contributed by atoms with van der Waals surface area (Å²) in [4.78, 5) is 16.8. The first-order valence-electron chi connectivity index (χ1n) is 5.24. The van der Waals surface area contributed by atoms with E-state index in [-0.39, 0.29) is 11.7 Å². The number of aliphatic hydroxyl groups excluding tert-OH is 1. The number of carboxylic acids is 1. The second-order valence-electron chi connectivity index (χ2n) is 4.02. The van der Waals surface area contributed by atoms with Gasteiger partial charge >= 0.3 is 5.97 Å². The Balaban J connectivity index is 1.97. The van der Waals surface area contributed by atoms with Crippen LogP contribution in [0.15, 0.2) is 18.3 Å².